The highest BCUT2D eigenvalue weighted by Crippen LogP contribution is 2.21. The molecule has 1 aromatic rings. The van der Waals surface area contributed by atoms with Crippen LogP contribution >= 0.6 is 0 Å². The number of carbonyl (C=O) groups is 1. The molecule has 0 aromatic heterocycles. The van der Waals surface area contributed by atoms with Crippen LogP contribution in [-0.4, -0.2) is 42.3 Å². The van der Waals surface area contributed by atoms with Crippen molar-refractivity contribution in [1.29, 1.82) is 0 Å². The van der Waals surface area contributed by atoms with Crippen molar-refractivity contribution in [2.24, 2.45) is 0 Å². The van der Waals surface area contributed by atoms with Crippen LogP contribution in [0.3, 0.4) is 0 Å². The van der Waals surface area contributed by atoms with Gasteiger partial charge in [-0.25, -0.2) is 4.39 Å². The number of carbonyl (C=O) groups excluding carboxylic acids is 1. The van der Waals surface area contributed by atoms with Crippen LogP contribution in [0.15, 0.2) is 12.1 Å². The van der Waals surface area contributed by atoms with Crippen LogP contribution in [0.1, 0.15) is 16.8 Å². The van der Waals surface area contributed by atoms with E-state index in [9.17, 15) is 28.8 Å². The largest absolute Gasteiger partial charge is 0.391 e. The second-order valence-electron chi connectivity index (χ2n) is 4.19. The highest BCUT2D eigenvalue weighted by molar-refractivity contribution is 5.94. The summed E-state index contributed by atoms with van der Waals surface area (Å²) in [5, 5.41) is 22.0. The number of aliphatic hydroxyl groups excluding tert-OH is 1. The molecule has 1 aromatic carbocycles. The molecular weight excluding hydrogens is 290 g/mol. The molecular formula is C12H14F2N2O5. The highest BCUT2D eigenvalue weighted by atomic mass is 19.1. The SMILES string of the molecule is COCC(O)CCNC(=O)c1cc(F)c([N+](=O)[O-])cc1F. The van der Waals surface area contributed by atoms with Gasteiger partial charge in [0.2, 0.25) is 5.82 Å². The van der Waals surface area contributed by atoms with Gasteiger partial charge in [0.25, 0.3) is 5.91 Å². The van der Waals surface area contributed by atoms with Crippen LogP contribution in [0.4, 0.5) is 14.5 Å². The predicted molar refractivity (Wildman–Crippen MR) is 67.8 cm³/mol. The Balaban J connectivity index is 2.71. The molecule has 1 amide bonds. The first kappa shape index (κ1) is 16.9. The van der Waals surface area contributed by atoms with Crippen LogP contribution in [0.25, 0.3) is 0 Å². The number of nitrogens with zero attached hydrogens (tertiary/aromatic N) is 1. The van der Waals surface area contributed by atoms with Gasteiger partial charge in [0, 0.05) is 13.7 Å². The van der Waals surface area contributed by atoms with Gasteiger partial charge in [-0.15, -0.1) is 0 Å². The summed E-state index contributed by atoms with van der Waals surface area (Å²) in [6.45, 7) is 0.0950. The number of ether oxygens (including phenoxy) is 1. The lowest BCUT2D eigenvalue weighted by Crippen LogP contribution is -2.29. The molecule has 1 atom stereocenters. The van der Waals surface area contributed by atoms with Crippen molar-refractivity contribution in [2.75, 3.05) is 20.3 Å². The van der Waals surface area contributed by atoms with Crippen LogP contribution in [0.5, 0.6) is 0 Å². The lowest BCUT2D eigenvalue weighted by molar-refractivity contribution is -0.387. The fourth-order valence-electron chi connectivity index (χ4n) is 1.57. The summed E-state index contributed by atoms with van der Waals surface area (Å²) in [6, 6.07) is 0.818. The molecule has 0 heterocycles. The summed E-state index contributed by atoms with van der Waals surface area (Å²) in [6.07, 6.45) is -0.634. The number of benzene rings is 1. The highest BCUT2D eigenvalue weighted by Gasteiger charge is 2.21. The van der Waals surface area contributed by atoms with Gasteiger partial charge in [-0.2, -0.15) is 4.39 Å². The maximum Gasteiger partial charge on any atom is 0.307 e. The molecule has 1 unspecified atom stereocenters. The van der Waals surface area contributed by atoms with Crippen LogP contribution in [0, 0.1) is 21.7 Å². The maximum atomic E-state index is 13.5. The van der Waals surface area contributed by atoms with Crippen molar-refractivity contribution in [1.82, 2.24) is 5.32 Å². The molecule has 0 aliphatic carbocycles. The Kier molecular flexibility index (Phi) is 6.12. The molecule has 0 radical (unpaired) electrons. The third kappa shape index (κ3) is 4.72. The molecule has 1 rings (SSSR count). The third-order valence-electron chi connectivity index (χ3n) is 2.60. The summed E-state index contributed by atoms with van der Waals surface area (Å²) in [4.78, 5) is 21.0. The standard InChI is InChI=1S/C12H14F2N2O5/c1-21-6-7(17)2-3-15-12(18)8-4-10(14)11(16(19)20)5-9(8)13/h4-5,7,17H,2-3,6H2,1H3,(H,15,18). The van der Waals surface area contributed by atoms with Gasteiger partial charge in [0.15, 0.2) is 0 Å². The number of halogens is 2. The fraction of sp³-hybridized carbons (Fsp3) is 0.417. The summed E-state index contributed by atoms with van der Waals surface area (Å²) < 4.78 is 31.6. The predicted octanol–water partition coefficient (Wildman–Crippen LogP) is 1.00. The average Bonchev–Trinajstić information content (AvgIpc) is 2.40. The molecule has 21 heavy (non-hydrogen) atoms. The number of nitro benzene ring substituents is 1. The van der Waals surface area contributed by atoms with E-state index < -0.39 is 39.8 Å². The molecule has 9 heteroatoms. The molecule has 0 spiro atoms. The Bertz CT molecular complexity index is 539. The van der Waals surface area contributed by atoms with Gasteiger partial charge in [-0.1, -0.05) is 0 Å². The minimum atomic E-state index is -1.30. The topological polar surface area (TPSA) is 102 Å². The number of nitro groups is 1. The van der Waals surface area contributed by atoms with E-state index in [1.165, 1.54) is 7.11 Å². The van der Waals surface area contributed by atoms with Gasteiger partial charge < -0.3 is 15.2 Å². The van der Waals surface area contributed by atoms with Gasteiger partial charge in [-0.3, -0.25) is 14.9 Å². The summed E-state index contributed by atoms with van der Waals surface area (Å²) >= 11 is 0. The summed E-state index contributed by atoms with van der Waals surface area (Å²) in [5.41, 5.74) is -1.68. The Labute approximate surface area is 118 Å². The molecule has 0 fully saturated rings. The molecule has 7 nitrogen and oxygen atoms in total. The van der Waals surface area contributed by atoms with Crippen LogP contribution < -0.4 is 5.32 Å². The smallest absolute Gasteiger partial charge is 0.307 e. The van der Waals surface area contributed by atoms with Gasteiger partial charge in [-0.05, 0) is 12.5 Å². The summed E-state index contributed by atoms with van der Waals surface area (Å²) in [7, 11) is 1.40. The zero-order valence-corrected chi connectivity index (χ0v) is 11.1. The van der Waals surface area contributed by atoms with E-state index >= 15 is 0 Å². The van der Waals surface area contributed by atoms with E-state index in [1.807, 2.05) is 0 Å². The van der Waals surface area contributed by atoms with E-state index in [1.54, 1.807) is 0 Å². The number of rotatable bonds is 7. The second-order valence-corrected chi connectivity index (χ2v) is 4.19. The number of hydrogen-bond acceptors (Lipinski definition) is 5. The molecule has 2 N–H and O–H groups in total. The zero-order valence-electron chi connectivity index (χ0n) is 11.1. The number of hydrogen-bond donors (Lipinski definition) is 2. The molecule has 0 aliphatic heterocycles. The van der Waals surface area contributed by atoms with Crippen molar-refractivity contribution < 1.29 is 28.3 Å². The monoisotopic (exact) mass is 304 g/mol. The quantitative estimate of drug-likeness (QED) is 0.578. The zero-order chi connectivity index (χ0) is 16.0. The van der Waals surface area contributed by atoms with E-state index in [2.05, 4.69) is 10.1 Å². The average molecular weight is 304 g/mol. The Morgan fingerprint density at radius 2 is 2.14 bits per heavy atom. The fourth-order valence-corrected chi connectivity index (χ4v) is 1.57. The number of amides is 1. The van der Waals surface area contributed by atoms with E-state index in [0.29, 0.717) is 12.1 Å². The molecule has 116 valence electrons. The molecule has 0 saturated heterocycles. The van der Waals surface area contributed by atoms with Crippen LogP contribution in [-0.2, 0) is 4.74 Å². The van der Waals surface area contributed by atoms with E-state index in [0.717, 1.165) is 0 Å². The van der Waals surface area contributed by atoms with Crippen molar-refractivity contribution in [3.8, 4) is 0 Å². The normalized spacial score (nSPS) is 12.0. The van der Waals surface area contributed by atoms with Gasteiger partial charge in [0.05, 0.1) is 29.3 Å². The second kappa shape index (κ2) is 7.60. The first-order valence-electron chi connectivity index (χ1n) is 5.95. The van der Waals surface area contributed by atoms with Gasteiger partial charge in [0.1, 0.15) is 5.82 Å². The minimum Gasteiger partial charge on any atom is -0.391 e. The maximum absolute atomic E-state index is 13.5. The number of aliphatic hydroxyl groups is 1. The Hall–Kier alpha value is -2.13. The molecule has 0 aliphatic rings. The third-order valence-corrected chi connectivity index (χ3v) is 2.60. The minimum absolute atomic E-state index is 0.0153. The number of nitrogens with one attached hydrogen (secondary N) is 1. The first-order valence-corrected chi connectivity index (χ1v) is 5.95. The van der Waals surface area contributed by atoms with E-state index in [-0.39, 0.29) is 19.6 Å². The molecule has 0 bridgehead atoms. The summed E-state index contributed by atoms with van der Waals surface area (Å²) in [5.74, 6) is -3.42. The molecule has 0 saturated carbocycles. The first-order chi connectivity index (χ1) is 9.86. The van der Waals surface area contributed by atoms with Crippen LogP contribution in [0.2, 0.25) is 0 Å². The van der Waals surface area contributed by atoms with Gasteiger partial charge >= 0.3 is 5.69 Å². The number of methoxy groups -OCH3 is 1. The van der Waals surface area contributed by atoms with Crippen molar-refractivity contribution in [3.05, 3.63) is 39.4 Å². The van der Waals surface area contributed by atoms with Crippen molar-refractivity contribution in [3.63, 3.8) is 0 Å². The Morgan fingerprint density at radius 1 is 1.48 bits per heavy atom. The van der Waals surface area contributed by atoms with Crippen molar-refractivity contribution >= 4 is 11.6 Å². The van der Waals surface area contributed by atoms with Crippen molar-refractivity contribution in [2.45, 2.75) is 12.5 Å². The lowest BCUT2D eigenvalue weighted by atomic mass is 10.1. The van der Waals surface area contributed by atoms with E-state index in [4.69, 9.17) is 0 Å². The lowest BCUT2D eigenvalue weighted by Gasteiger charge is -2.10. The Morgan fingerprint density at radius 3 is 2.71 bits per heavy atom.